The van der Waals surface area contributed by atoms with E-state index in [1.807, 2.05) is 4.90 Å². The molecule has 1 aromatic carbocycles. The molecule has 0 unspecified atom stereocenters. The number of carbonyl (C=O) groups is 2. The zero-order valence-electron chi connectivity index (χ0n) is 17.4. The van der Waals surface area contributed by atoms with Gasteiger partial charge in [-0.3, -0.25) is 9.59 Å². The molecule has 3 fully saturated rings. The fourth-order valence-corrected chi connectivity index (χ4v) is 6.94. The second-order valence-corrected chi connectivity index (χ2v) is 9.79. The number of anilines is 1. The van der Waals surface area contributed by atoms with Gasteiger partial charge in [0.05, 0.1) is 30.6 Å². The van der Waals surface area contributed by atoms with Gasteiger partial charge in [-0.1, -0.05) is 17.7 Å². The smallest absolute Gasteiger partial charge is 0.229 e. The van der Waals surface area contributed by atoms with E-state index in [0.29, 0.717) is 25.2 Å². The first-order valence-corrected chi connectivity index (χ1v) is 10.9. The molecular weight excluding hydrogens is 364 g/mol. The molecule has 4 aliphatic heterocycles. The molecule has 2 saturated heterocycles. The Balaban J connectivity index is 1.67. The summed E-state index contributed by atoms with van der Waals surface area (Å²) in [5.74, 6) is 0.818. The van der Waals surface area contributed by atoms with Crippen LogP contribution in [0.5, 0.6) is 0 Å². The summed E-state index contributed by atoms with van der Waals surface area (Å²) in [7, 11) is 2.15. The van der Waals surface area contributed by atoms with Crippen molar-refractivity contribution in [1.29, 1.82) is 0 Å². The van der Waals surface area contributed by atoms with Gasteiger partial charge >= 0.3 is 0 Å². The molecule has 152 valence electrons. The Morgan fingerprint density at radius 2 is 1.93 bits per heavy atom. The van der Waals surface area contributed by atoms with E-state index in [0.717, 1.165) is 30.8 Å². The highest BCUT2D eigenvalue weighted by molar-refractivity contribution is 6.06. The summed E-state index contributed by atoms with van der Waals surface area (Å²) in [6, 6.07) is 4.24. The van der Waals surface area contributed by atoms with E-state index in [1.54, 1.807) is 0 Å². The van der Waals surface area contributed by atoms with Crippen molar-refractivity contribution < 1.29 is 14.3 Å². The Labute approximate surface area is 171 Å². The number of amides is 1. The van der Waals surface area contributed by atoms with Crippen LogP contribution in [0.3, 0.4) is 0 Å². The predicted molar refractivity (Wildman–Crippen MR) is 110 cm³/mol. The van der Waals surface area contributed by atoms with Crippen LogP contribution < -0.4 is 4.90 Å². The Hall–Kier alpha value is -1.98. The molecule has 0 aromatic heterocycles. The monoisotopic (exact) mass is 392 g/mol. The summed E-state index contributed by atoms with van der Waals surface area (Å²) in [5, 5.41) is 0. The van der Waals surface area contributed by atoms with Crippen LogP contribution in [0.25, 0.3) is 0 Å². The Morgan fingerprint density at radius 3 is 2.76 bits per heavy atom. The van der Waals surface area contributed by atoms with E-state index in [4.69, 9.17) is 4.74 Å². The number of carbonyl (C=O) groups excluding carboxylic acids is 2. The molecule has 5 atom stereocenters. The molecule has 29 heavy (non-hydrogen) atoms. The minimum absolute atomic E-state index is 0.0881. The van der Waals surface area contributed by atoms with Crippen LogP contribution in [0.1, 0.15) is 36.0 Å². The molecular formula is C24H28N2O3. The third kappa shape index (κ3) is 2.13. The fourth-order valence-electron chi connectivity index (χ4n) is 6.94. The number of fused-ring (bicyclic) bond motifs is 2. The average molecular weight is 392 g/mol. The van der Waals surface area contributed by atoms with Gasteiger partial charge in [0.1, 0.15) is 5.78 Å². The van der Waals surface area contributed by atoms with E-state index < -0.39 is 5.41 Å². The van der Waals surface area contributed by atoms with Gasteiger partial charge < -0.3 is 14.5 Å². The van der Waals surface area contributed by atoms with Crippen LogP contribution in [-0.4, -0.2) is 55.5 Å². The summed E-state index contributed by atoms with van der Waals surface area (Å²) in [5.41, 5.74) is 5.19. The number of nitrogens with zero attached hydrogens (tertiary/aromatic N) is 2. The van der Waals surface area contributed by atoms with Gasteiger partial charge in [0.25, 0.3) is 0 Å². The van der Waals surface area contributed by atoms with Crippen molar-refractivity contribution >= 4 is 17.4 Å². The van der Waals surface area contributed by atoms with E-state index >= 15 is 0 Å². The lowest BCUT2D eigenvalue weighted by molar-refractivity contribution is -0.140. The van der Waals surface area contributed by atoms with E-state index in [9.17, 15) is 9.59 Å². The number of benzene rings is 1. The van der Waals surface area contributed by atoms with Crippen molar-refractivity contribution in [2.75, 3.05) is 31.6 Å². The number of hydrogen-bond acceptors (Lipinski definition) is 4. The number of piperidine rings is 1. The quantitative estimate of drug-likeness (QED) is 0.637. The lowest BCUT2D eigenvalue weighted by Crippen LogP contribution is -2.66. The third-order valence-corrected chi connectivity index (χ3v) is 8.41. The van der Waals surface area contributed by atoms with Crippen molar-refractivity contribution in [3.63, 3.8) is 0 Å². The van der Waals surface area contributed by atoms with Crippen molar-refractivity contribution in [2.45, 2.75) is 50.7 Å². The van der Waals surface area contributed by atoms with Gasteiger partial charge in [-0.05, 0) is 62.5 Å². The normalized spacial score (nSPS) is 38.2. The summed E-state index contributed by atoms with van der Waals surface area (Å²) < 4.78 is 6.25. The SMILES string of the molecule is Cc1cc2c(cc1C)[C@@]13CCN(C)CC4=CCO[C@H]5CC(=O)N2[C@H]1[C@H]5[C@H]4CC3=O. The first-order chi connectivity index (χ1) is 13.9. The molecule has 4 bridgehead atoms. The zero-order valence-corrected chi connectivity index (χ0v) is 17.4. The standard InChI is InChI=1S/C24H28N2O3/c1-13-8-17-18(9-14(13)2)26-21(28)11-19-22-16-10-20(27)24(17,23(22)26)5-6-25(3)12-15(16)4-7-29-19/h4,8-9,16,19,22-23H,5-7,10-12H2,1-3H3/t16-,19-,22-,23-,24+/m0/s1. The molecule has 0 radical (unpaired) electrons. The van der Waals surface area contributed by atoms with E-state index in [-0.39, 0.29) is 29.9 Å². The molecule has 1 saturated carbocycles. The molecule has 1 aliphatic carbocycles. The first-order valence-electron chi connectivity index (χ1n) is 10.9. The lowest BCUT2D eigenvalue weighted by Gasteiger charge is -2.53. The molecule has 6 rings (SSSR count). The third-order valence-electron chi connectivity index (χ3n) is 8.41. The van der Waals surface area contributed by atoms with Crippen LogP contribution >= 0.6 is 0 Å². The highest BCUT2D eigenvalue weighted by atomic mass is 16.5. The second kappa shape index (κ2) is 5.79. The minimum atomic E-state index is -0.597. The maximum Gasteiger partial charge on any atom is 0.229 e. The topological polar surface area (TPSA) is 49.9 Å². The number of Topliss-reactive ketones (excluding diaryl/α,β-unsaturated/α-hetero) is 1. The van der Waals surface area contributed by atoms with Gasteiger partial charge in [-0.2, -0.15) is 0 Å². The van der Waals surface area contributed by atoms with Crippen LogP contribution in [-0.2, 0) is 19.7 Å². The van der Waals surface area contributed by atoms with E-state index in [1.165, 1.54) is 16.7 Å². The first kappa shape index (κ1) is 17.8. The largest absolute Gasteiger partial charge is 0.373 e. The number of ether oxygens (including phenoxy) is 1. The average Bonchev–Trinajstić information content (AvgIpc) is 2.89. The lowest BCUT2D eigenvalue weighted by atomic mass is 9.55. The highest BCUT2D eigenvalue weighted by Crippen LogP contribution is 2.60. The molecule has 5 heteroatoms. The molecule has 4 heterocycles. The zero-order chi connectivity index (χ0) is 20.1. The summed E-state index contributed by atoms with van der Waals surface area (Å²) in [6.45, 7) is 6.51. The van der Waals surface area contributed by atoms with Crippen molar-refractivity contribution in [2.24, 2.45) is 11.8 Å². The summed E-state index contributed by atoms with van der Waals surface area (Å²) in [4.78, 5) is 31.7. The van der Waals surface area contributed by atoms with Crippen molar-refractivity contribution in [3.8, 4) is 0 Å². The maximum atomic E-state index is 14.0. The molecule has 5 aliphatic rings. The van der Waals surface area contributed by atoms with E-state index in [2.05, 4.69) is 44.0 Å². The Kier molecular flexibility index (Phi) is 3.57. The molecule has 5 nitrogen and oxygen atoms in total. The summed E-state index contributed by atoms with van der Waals surface area (Å²) in [6.07, 6.45) is 3.88. The number of rotatable bonds is 0. The highest BCUT2D eigenvalue weighted by Gasteiger charge is 2.67. The number of aryl methyl sites for hydroxylation is 2. The second-order valence-electron chi connectivity index (χ2n) is 9.79. The molecule has 1 aromatic rings. The van der Waals surface area contributed by atoms with Gasteiger partial charge in [-0.25, -0.2) is 0 Å². The van der Waals surface area contributed by atoms with Gasteiger partial charge in [0, 0.05) is 24.6 Å². The summed E-state index contributed by atoms with van der Waals surface area (Å²) >= 11 is 0. The van der Waals surface area contributed by atoms with Gasteiger partial charge in [-0.15, -0.1) is 0 Å². The van der Waals surface area contributed by atoms with Crippen molar-refractivity contribution in [3.05, 3.63) is 40.5 Å². The predicted octanol–water partition coefficient (Wildman–Crippen LogP) is 2.53. The van der Waals surface area contributed by atoms with Crippen LogP contribution in [0.15, 0.2) is 23.8 Å². The van der Waals surface area contributed by atoms with Crippen LogP contribution in [0, 0.1) is 25.7 Å². The molecule has 1 amide bonds. The fraction of sp³-hybridized carbons (Fsp3) is 0.583. The Bertz CT molecular complexity index is 983. The number of likely N-dealkylation sites (N-methyl/N-ethyl adjacent to an activating group) is 1. The van der Waals surface area contributed by atoms with Gasteiger partial charge in [0.2, 0.25) is 5.91 Å². The van der Waals surface area contributed by atoms with Crippen LogP contribution in [0.2, 0.25) is 0 Å². The van der Waals surface area contributed by atoms with Crippen molar-refractivity contribution in [1.82, 2.24) is 4.90 Å². The van der Waals surface area contributed by atoms with Gasteiger partial charge in [0.15, 0.2) is 0 Å². The Morgan fingerprint density at radius 1 is 1.14 bits per heavy atom. The molecule has 0 spiro atoms. The number of hydrogen-bond donors (Lipinski definition) is 0. The maximum absolute atomic E-state index is 14.0. The minimum Gasteiger partial charge on any atom is -0.373 e. The molecule has 0 N–H and O–H groups in total. The number of ketones is 1. The van der Waals surface area contributed by atoms with Crippen LogP contribution in [0.4, 0.5) is 5.69 Å².